The molecular weight excluding hydrogens is 224 g/mol. The highest BCUT2D eigenvalue weighted by atomic mass is 16.1. The first-order chi connectivity index (χ1) is 8.46. The van der Waals surface area contributed by atoms with Gasteiger partial charge in [0.15, 0.2) is 5.78 Å². The maximum Gasteiger partial charge on any atom is 0.159 e. The molecule has 0 amide bonds. The Bertz CT molecular complexity index is 413. The second kappa shape index (κ2) is 5.21. The quantitative estimate of drug-likeness (QED) is 0.599. The Labute approximate surface area is 110 Å². The van der Waals surface area contributed by atoms with E-state index in [1.165, 1.54) is 18.7 Å². The topological polar surface area (TPSA) is 20.3 Å². The van der Waals surface area contributed by atoms with E-state index in [1.807, 2.05) is 12.1 Å². The average Bonchev–Trinajstić information content (AvgIpc) is 2.33. The van der Waals surface area contributed by atoms with Crippen molar-refractivity contribution in [2.45, 2.75) is 13.5 Å². The predicted molar refractivity (Wildman–Crippen MR) is 73.6 cm³/mol. The van der Waals surface area contributed by atoms with E-state index in [2.05, 4.69) is 31.1 Å². The van der Waals surface area contributed by atoms with Gasteiger partial charge in [-0.15, -0.1) is 0 Å². The molecular formula is C15H23N2O+. The maximum atomic E-state index is 11.2. The number of hydrogen-bond donors (Lipinski definition) is 0. The highest BCUT2D eigenvalue weighted by Crippen LogP contribution is 2.12. The molecule has 0 spiro atoms. The van der Waals surface area contributed by atoms with Crippen LogP contribution in [0.25, 0.3) is 0 Å². The van der Waals surface area contributed by atoms with Crippen LogP contribution in [0.4, 0.5) is 0 Å². The second-order valence-corrected chi connectivity index (χ2v) is 5.91. The molecule has 0 bridgehead atoms. The van der Waals surface area contributed by atoms with Crippen LogP contribution in [0.3, 0.4) is 0 Å². The van der Waals surface area contributed by atoms with E-state index in [0.717, 1.165) is 29.7 Å². The molecule has 18 heavy (non-hydrogen) atoms. The molecule has 0 aliphatic carbocycles. The third-order valence-electron chi connectivity index (χ3n) is 3.81. The zero-order valence-corrected chi connectivity index (χ0v) is 11.6. The summed E-state index contributed by atoms with van der Waals surface area (Å²) in [6.07, 6.45) is 0. The van der Waals surface area contributed by atoms with Gasteiger partial charge in [-0.3, -0.25) is 9.69 Å². The summed E-state index contributed by atoms with van der Waals surface area (Å²) in [7, 11) is 4.58. The molecule has 0 radical (unpaired) electrons. The Morgan fingerprint density at radius 2 is 1.72 bits per heavy atom. The van der Waals surface area contributed by atoms with Gasteiger partial charge in [0, 0.05) is 25.2 Å². The molecule has 1 aliphatic rings. The summed E-state index contributed by atoms with van der Waals surface area (Å²) in [5.41, 5.74) is 2.10. The van der Waals surface area contributed by atoms with E-state index < -0.39 is 0 Å². The molecule has 1 aromatic rings. The van der Waals surface area contributed by atoms with E-state index in [9.17, 15) is 4.79 Å². The van der Waals surface area contributed by atoms with Crippen LogP contribution in [-0.4, -0.2) is 55.4 Å². The van der Waals surface area contributed by atoms with Gasteiger partial charge in [0.1, 0.15) is 0 Å². The van der Waals surface area contributed by atoms with Crippen molar-refractivity contribution < 1.29 is 9.28 Å². The number of quaternary nitrogens is 1. The zero-order chi connectivity index (χ0) is 13.2. The molecule has 3 heteroatoms. The fourth-order valence-corrected chi connectivity index (χ4v) is 2.31. The number of carbonyl (C=O) groups excluding carboxylic acids is 1. The number of benzene rings is 1. The average molecular weight is 247 g/mol. The van der Waals surface area contributed by atoms with Crippen LogP contribution in [0.1, 0.15) is 22.8 Å². The number of Topliss-reactive ketones (excluding diaryl/α,β-unsaturated/α-hetero) is 1. The molecule has 1 aromatic carbocycles. The van der Waals surface area contributed by atoms with Crippen LogP contribution in [-0.2, 0) is 6.54 Å². The Morgan fingerprint density at radius 1 is 1.17 bits per heavy atom. The third-order valence-corrected chi connectivity index (χ3v) is 3.81. The number of carbonyl (C=O) groups is 1. The minimum absolute atomic E-state index is 0.138. The van der Waals surface area contributed by atoms with Crippen molar-refractivity contribution in [1.82, 2.24) is 4.90 Å². The largest absolute Gasteiger partial charge is 0.326 e. The summed E-state index contributed by atoms with van der Waals surface area (Å²) in [6, 6.07) is 8.01. The van der Waals surface area contributed by atoms with Crippen molar-refractivity contribution in [2.75, 3.05) is 40.3 Å². The first kappa shape index (κ1) is 13.2. The normalized spacial score (nSPS) is 19.7. The number of ketones is 1. The lowest BCUT2D eigenvalue weighted by molar-refractivity contribution is -0.894. The smallest absolute Gasteiger partial charge is 0.159 e. The van der Waals surface area contributed by atoms with Crippen LogP contribution in [0.15, 0.2) is 24.3 Å². The minimum Gasteiger partial charge on any atom is -0.326 e. The molecule has 1 heterocycles. The minimum atomic E-state index is 0.138. The molecule has 0 N–H and O–H groups in total. The van der Waals surface area contributed by atoms with Gasteiger partial charge in [-0.25, -0.2) is 0 Å². The Morgan fingerprint density at radius 3 is 2.22 bits per heavy atom. The summed E-state index contributed by atoms with van der Waals surface area (Å²) >= 11 is 0. The van der Waals surface area contributed by atoms with Crippen LogP contribution in [0.2, 0.25) is 0 Å². The monoisotopic (exact) mass is 247 g/mol. The first-order valence-corrected chi connectivity index (χ1v) is 6.60. The van der Waals surface area contributed by atoms with Crippen molar-refractivity contribution >= 4 is 5.78 Å². The molecule has 0 saturated carbocycles. The van der Waals surface area contributed by atoms with E-state index in [4.69, 9.17) is 0 Å². The Balaban J connectivity index is 1.92. The summed E-state index contributed by atoms with van der Waals surface area (Å²) in [4.78, 5) is 13.7. The zero-order valence-electron chi connectivity index (χ0n) is 11.6. The summed E-state index contributed by atoms with van der Waals surface area (Å²) in [5, 5.41) is 0. The van der Waals surface area contributed by atoms with Gasteiger partial charge < -0.3 is 4.48 Å². The highest BCUT2D eigenvalue weighted by molar-refractivity contribution is 5.93. The molecule has 1 aliphatic heterocycles. The molecule has 0 atom stereocenters. The lowest BCUT2D eigenvalue weighted by Crippen LogP contribution is -2.54. The van der Waals surface area contributed by atoms with Gasteiger partial charge in [0.05, 0.1) is 27.2 Å². The summed E-state index contributed by atoms with van der Waals surface area (Å²) in [6.45, 7) is 7.35. The van der Waals surface area contributed by atoms with E-state index in [-0.39, 0.29) is 5.78 Å². The van der Waals surface area contributed by atoms with E-state index in [1.54, 1.807) is 6.92 Å². The van der Waals surface area contributed by atoms with Gasteiger partial charge in [-0.1, -0.05) is 24.3 Å². The van der Waals surface area contributed by atoms with Crippen LogP contribution in [0.5, 0.6) is 0 Å². The van der Waals surface area contributed by atoms with Gasteiger partial charge in [-0.2, -0.15) is 0 Å². The van der Waals surface area contributed by atoms with Gasteiger partial charge in [-0.05, 0) is 12.5 Å². The standard InChI is InChI=1S/C15H23N2O/c1-13(18)15-6-4-14(5-7-15)12-16-8-10-17(2,3)11-9-16/h4-7H,8-12H2,1-3H3/q+1. The van der Waals surface area contributed by atoms with Crippen molar-refractivity contribution in [1.29, 1.82) is 0 Å². The van der Waals surface area contributed by atoms with Crippen LogP contribution in [0, 0.1) is 0 Å². The molecule has 0 aromatic heterocycles. The Kier molecular flexibility index (Phi) is 3.83. The summed E-state index contributed by atoms with van der Waals surface area (Å²) < 4.78 is 1.12. The second-order valence-electron chi connectivity index (χ2n) is 5.91. The first-order valence-electron chi connectivity index (χ1n) is 6.60. The van der Waals surface area contributed by atoms with Gasteiger partial charge in [0.2, 0.25) is 0 Å². The number of nitrogens with zero attached hydrogens (tertiary/aromatic N) is 2. The number of piperazine rings is 1. The lowest BCUT2D eigenvalue weighted by Gasteiger charge is -2.39. The van der Waals surface area contributed by atoms with Crippen LogP contribution >= 0.6 is 0 Å². The van der Waals surface area contributed by atoms with Crippen molar-refractivity contribution in [3.8, 4) is 0 Å². The van der Waals surface area contributed by atoms with Crippen LogP contribution < -0.4 is 0 Å². The van der Waals surface area contributed by atoms with Gasteiger partial charge in [0.25, 0.3) is 0 Å². The van der Waals surface area contributed by atoms with Crippen molar-refractivity contribution in [2.24, 2.45) is 0 Å². The Hall–Kier alpha value is -1.19. The molecule has 3 nitrogen and oxygen atoms in total. The fourth-order valence-electron chi connectivity index (χ4n) is 2.31. The highest BCUT2D eigenvalue weighted by Gasteiger charge is 2.23. The summed E-state index contributed by atoms with van der Waals surface area (Å²) in [5.74, 6) is 0.138. The molecule has 1 fully saturated rings. The SMILES string of the molecule is CC(=O)c1ccc(CN2CC[N+](C)(C)CC2)cc1. The van der Waals surface area contributed by atoms with Crippen molar-refractivity contribution in [3.05, 3.63) is 35.4 Å². The fraction of sp³-hybridized carbons (Fsp3) is 0.533. The van der Waals surface area contributed by atoms with Gasteiger partial charge >= 0.3 is 0 Å². The number of likely N-dealkylation sites (N-methyl/N-ethyl adjacent to an activating group) is 1. The van der Waals surface area contributed by atoms with E-state index in [0.29, 0.717) is 0 Å². The number of hydrogen-bond acceptors (Lipinski definition) is 2. The molecule has 2 rings (SSSR count). The predicted octanol–water partition coefficient (Wildman–Crippen LogP) is 1.78. The lowest BCUT2D eigenvalue weighted by atomic mass is 10.1. The van der Waals surface area contributed by atoms with E-state index >= 15 is 0 Å². The molecule has 1 saturated heterocycles. The number of rotatable bonds is 3. The van der Waals surface area contributed by atoms with Crippen molar-refractivity contribution in [3.63, 3.8) is 0 Å². The maximum absolute atomic E-state index is 11.2. The molecule has 98 valence electrons. The third kappa shape index (κ3) is 3.40. The molecule has 0 unspecified atom stereocenters.